The third kappa shape index (κ3) is 28.4. The van der Waals surface area contributed by atoms with Crippen molar-refractivity contribution in [3.05, 3.63) is 112 Å². The molecule has 0 aliphatic carbocycles. The Balaban J connectivity index is 2.40. The Hall–Kier alpha value is -5.08. The van der Waals surface area contributed by atoms with Crippen molar-refractivity contribution in [1.29, 1.82) is 0 Å². The van der Waals surface area contributed by atoms with Gasteiger partial charge in [-0.15, -0.1) is 0 Å². The predicted octanol–water partition coefficient (Wildman–Crippen LogP) is 10.1. The highest BCUT2D eigenvalue weighted by molar-refractivity contribution is 7.99. The number of esters is 1. The van der Waals surface area contributed by atoms with Crippen LogP contribution in [-0.4, -0.2) is 92.7 Å². The zero-order valence-corrected chi connectivity index (χ0v) is 41.2. The molecule has 0 saturated heterocycles. The molecular weight excluding hydrogens is 865 g/mol. The van der Waals surface area contributed by atoms with Crippen LogP contribution in [0.5, 0.6) is 0 Å². The summed E-state index contributed by atoms with van der Waals surface area (Å²) in [6.45, 7) is 16.1. The fourth-order valence-corrected chi connectivity index (χ4v) is 7.96. The molecule has 2 amide bonds. The molecule has 0 bridgehead atoms. The molecule has 3 atom stereocenters. The Morgan fingerprint density at radius 2 is 1.06 bits per heavy atom. The van der Waals surface area contributed by atoms with E-state index in [0.717, 1.165) is 68.6 Å². The molecule has 0 fully saturated rings. The first kappa shape index (κ1) is 57.9. The van der Waals surface area contributed by atoms with E-state index in [1.807, 2.05) is 26.0 Å². The van der Waals surface area contributed by atoms with Crippen LogP contribution in [0.3, 0.4) is 0 Å². The Bertz CT molecular complexity index is 1940. The Kier molecular flexibility index (Phi) is 29.8. The van der Waals surface area contributed by atoms with E-state index >= 15 is 0 Å². The largest absolute Gasteiger partial charge is 0.480 e. The van der Waals surface area contributed by atoms with Gasteiger partial charge in [-0.3, -0.25) is 14.4 Å². The molecule has 0 spiro atoms. The molecule has 12 nitrogen and oxygen atoms in total. The molecule has 1 aromatic carbocycles. The van der Waals surface area contributed by atoms with Crippen LogP contribution in [0, 0.1) is 5.92 Å². The lowest BCUT2D eigenvalue weighted by atomic mass is 10.1. The van der Waals surface area contributed by atoms with Crippen molar-refractivity contribution in [2.24, 2.45) is 5.92 Å². The third-order valence-corrected chi connectivity index (χ3v) is 12.0. The third-order valence-electron chi connectivity index (χ3n) is 10.1. The number of amides is 2. The summed E-state index contributed by atoms with van der Waals surface area (Å²) >= 11 is 2.79. The van der Waals surface area contributed by atoms with Crippen LogP contribution in [0.4, 0.5) is 0 Å². The SMILES string of the molecule is CC(C)=CCC/C(C)=C/CC/C(C)=C/CSC[C@H](NC(=O)C(C)CC(=O)OC/C(C)=C/CC/C(C)=C/CC/C(C)=C/CSC[C@H](NC(=O)/C=C(\C(=O)O)c1ccccc1)C(=O)O)C(=O)O. The van der Waals surface area contributed by atoms with Gasteiger partial charge in [-0.05, 0) is 111 Å². The summed E-state index contributed by atoms with van der Waals surface area (Å²) in [7, 11) is 0. The highest BCUT2D eigenvalue weighted by atomic mass is 32.2. The number of rotatable bonds is 32. The summed E-state index contributed by atoms with van der Waals surface area (Å²) < 4.78 is 5.40. The maximum atomic E-state index is 12.8. The van der Waals surface area contributed by atoms with Crippen molar-refractivity contribution >= 4 is 64.8 Å². The standard InChI is InChI=1S/C51H72N2O10S2/c1-35(2)16-12-17-36(3)18-13-21-39(6)27-29-65-34-45(51(61)62)53-48(56)41(8)30-47(55)63-32-40(7)23-15-20-37(4)19-14-22-38(5)26-28-64-33-44(50(59)60)52-46(54)31-43(49(57)58)42-24-10-9-11-25-42/h9-11,16,18-19,23-27,31,41,44-45H,12-15,17,20-22,28-30,32-34H2,1-8H3,(H,52,54)(H,53,56)(H,57,58)(H,59,60)(H,61,62)/b36-18+,37-19+,38-26+,39-27+,40-23+,43-31-/t41?,44-,45-/m0/s1. The van der Waals surface area contributed by atoms with Gasteiger partial charge in [0.2, 0.25) is 11.8 Å². The van der Waals surface area contributed by atoms with Crippen LogP contribution < -0.4 is 10.6 Å². The number of nitrogens with one attached hydrogen (secondary N) is 2. The summed E-state index contributed by atoms with van der Waals surface area (Å²) in [5.74, 6) is -4.70. The van der Waals surface area contributed by atoms with Crippen molar-refractivity contribution in [3.63, 3.8) is 0 Å². The zero-order valence-electron chi connectivity index (χ0n) is 39.6. The Labute approximate surface area is 395 Å². The van der Waals surface area contributed by atoms with Gasteiger partial charge in [-0.1, -0.05) is 102 Å². The van der Waals surface area contributed by atoms with E-state index in [1.165, 1.54) is 45.8 Å². The lowest BCUT2D eigenvalue weighted by Gasteiger charge is -2.17. The van der Waals surface area contributed by atoms with Crippen LogP contribution in [-0.2, 0) is 33.5 Å². The molecule has 1 aromatic rings. The molecule has 1 unspecified atom stereocenters. The lowest BCUT2D eigenvalue weighted by molar-refractivity contribution is -0.146. The minimum atomic E-state index is -1.29. The van der Waals surface area contributed by atoms with Gasteiger partial charge in [0.25, 0.3) is 0 Å². The fraction of sp³-hybridized carbons (Fsp3) is 0.490. The molecule has 5 N–H and O–H groups in total. The highest BCUT2D eigenvalue weighted by Crippen LogP contribution is 2.17. The number of benzene rings is 1. The summed E-state index contributed by atoms with van der Waals surface area (Å²) in [6.07, 6.45) is 20.8. The first-order chi connectivity index (χ1) is 30.8. The molecule has 0 aliphatic heterocycles. The molecule has 1 rings (SSSR count). The number of hydrogen-bond acceptors (Lipinski definition) is 9. The molecular formula is C51H72N2O10S2. The Morgan fingerprint density at radius 3 is 1.52 bits per heavy atom. The molecule has 0 saturated carbocycles. The summed E-state index contributed by atoms with van der Waals surface area (Å²) in [5.41, 5.74) is 7.29. The van der Waals surface area contributed by atoms with E-state index in [4.69, 9.17) is 4.74 Å². The van der Waals surface area contributed by atoms with Crippen molar-refractivity contribution in [1.82, 2.24) is 10.6 Å². The van der Waals surface area contributed by atoms with Gasteiger partial charge in [0.15, 0.2) is 0 Å². The van der Waals surface area contributed by atoms with Crippen LogP contribution in [0.1, 0.15) is 119 Å². The van der Waals surface area contributed by atoms with E-state index in [2.05, 4.69) is 69.6 Å². The van der Waals surface area contributed by atoms with Crippen molar-refractivity contribution in [2.75, 3.05) is 29.6 Å². The summed E-state index contributed by atoms with van der Waals surface area (Å²) in [4.78, 5) is 73.1. The number of allylic oxidation sites excluding steroid dienone is 9. The second-order valence-corrected chi connectivity index (χ2v) is 18.7. The summed E-state index contributed by atoms with van der Waals surface area (Å²) in [6, 6.07) is 5.88. The molecule has 0 aliphatic rings. The summed E-state index contributed by atoms with van der Waals surface area (Å²) in [5, 5.41) is 33.8. The normalized spacial score (nSPS) is 14.2. The van der Waals surface area contributed by atoms with E-state index in [-0.39, 0.29) is 30.1 Å². The average Bonchev–Trinajstić information content (AvgIpc) is 3.23. The molecule has 65 heavy (non-hydrogen) atoms. The number of ether oxygens (including phenoxy) is 1. The van der Waals surface area contributed by atoms with Crippen LogP contribution in [0.25, 0.3) is 5.57 Å². The van der Waals surface area contributed by atoms with Crippen LogP contribution >= 0.6 is 23.5 Å². The first-order valence-electron chi connectivity index (χ1n) is 22.1. The molecule has 0 aromatic heterocycles. The molecule has 358 valence electrons. The van der Waals surface area contributed by atoms with Gasteiger partial charge >= 0.3 is 23.9 Å². The Morgan fingerprint density at radius 1 is 0.615 bits per heavy atom. The van der Waals surface area contributed by atoms with Gasteiger partial charge in [0.05, 0.1) is 12.0 Å². The number of hydrogen-bond donors (Lipinski definition) is 5. The van der Waals surface area contributed by atoms with E-state index < -0.39 is 53.7 Å². The quantitative estimate of drug-likeness (QED) is 0.0199. The predicted molar refractivity (Wildman–Crippen MR) is 266 cm³/mol. The van der Waals surface area contributed by atoms with Crippen molar-refractivity contribution in [2.45, 2.75) is 125 Å². The number of carbonyl (C=O) groups excluding carboxylic acids is 3. The number of carbonyl (C=O) groups is 6. The number of thioether (sulfide) groups is 2. The molecule has 14 heteroatoms. The monoisotopic (exact) mass is 936 g/mol. The van der Waals surface area contributed by atoms with Crippen LogP contribution in [0.2, 0.25) is 0 Å². The zero-order chi connectivity index (χ0) is 48.7. The average molecular weight is 937 g/mol. The highest BCUT2D eigenvalue weighted by Gasteiger charge is 2.25. The van der Waals surface area contributed by atoms with Crippen molar-refractivity contribution in [3.8, 4) is 0 Å². The van der Waals surface area contributed by atoms with Gasteiger partial charge in [-0.25, -0.2) is 14.4 Å². The molecule has 0 heterocycles. The van der Waals surface area contributed by atoms with E-state index in [0.29, 0.717) is 17.1 Å². The van der Waals surface area contributed by atoms with E-state index in [9.17, 15) is 44.1 Å². The maximum absolute atomic E-state index is 12.8. The smallest absolute Gasteiger partial charge is 0.336 e. The minimum Gasteiger partial charge on any atom is -0.480 e. The number of carboxylic acids is 3. The lowest BCUT2D eigenvalue weighted by Crippen LogP contribution is -2.45. The number of carboxylic acid groups (broad SMARTS) is 3. The topological polar surface area (TPSA) is 196 Å². The second kappa shape index (κ2) is 33.4. The maximum Gasteiger partial charge on any atom is 0.336 e. The second-order valence-electron chi connectivity index (χ2n) is 16.6. The molecule has 0 radical (unpaired) electrons. The van der Waals surface area contributed by atoms with Gasteiger partial charge in [0.1, 0.15) is 18.7 Å². The van der Waals surface area contributed by atoms with Gasteiger partial charge in [-0.2, -0.15) is 23.5 Å². The van der Waals surface area contributed by atoms with Gasteiger partial charge < -0.3 is 30.7 Å². The van der Waals surface area contributed by atoms with E-state index in [1.54, 1.807) is 37.3 Å². The van der Waals surface area contributed by atoms with Gasteiger partial charge in [0, 0.05) is 35.0 Å². The first-order valence-corrected chi connectivity index (χ1v) is 24.4. The van der Waals surface area contributed by atoms with Crippen molar-refractivity contribution < 1.29 is 48.8 Å². The minimum absolute atomic E-state index is 0.0992. The number of aliphatic carboxylic acids is 3. The fourth-order valence-electron chi connectivity index (χ4n) is 5.96. The van der Waals surface area contributed by atoms with Crippen LogP contribution in [0.15, 0.2) is 106 Å².